The molecule has 2 aromatic rings. The van der Waals surface area contributed by atoms with Gasteiger partial charge in [0.25, 0.3) is 10.0 Å². The van der Waals surface area contributed by atoms with Crippen molar-refractivity contribution < 1.29 is 12.8 Å². The number of thiophene rings is 1. The maximum absolute atomic E-state index is 13.1. The second-order valence-electron chi connectivity index (χ2n) is 4.09. The molecule has 4 nitrogen and oxygen atoms in total. The molecule has 0 unspecified atom stereocenters. The Morgan fingerprint density at radius 1 is 1.37 bits per heavy atom. The zero-order valence-electron chi connectivity index (χ0n) is 10.2. The summed E-state index contributed by atoms with van der Waals surface area (Å²) in [6.07, 6.45) is 0. The molecule has 2 N–H and O–H groups in total. The Hall–Kier alpha value is -1.44. The van der Waals surface area contributed by atoms with Crippen molar-refractivity contribution in [1.82, 2.24) is 4.31 Å². The minimum Gasteiger partial charge on any atom is -0.398 e. The summed E-state index contributed by atoms with van der Waals surface area (Å²) in [7, 11) is -2.13. The van der Waals surface area contributed by atoms with E-state index in [-0.39, 0.29) is 16.6 Å². The molecule has 1 aromatic carbocycles. The van der Waals surface area contributed by atoms with Gasteiger partial charge in [-0.25, -0.2) is 12.8 Å². The predicted molar refractivity (Wildman–Crippen MR) is 73.8 cm³/mol. The molecule has 0 bridgehead atoms. The van der Waals surface area contributed by atoms with E-state index in [1.807, 2.05) is 0 Å². The summed E-state index contributed by atoms with van der Waals surface area (Å²) in [5.74, 6) is -0.385. The highest BCUT2D eigenvalue weighted by molar-refractivity contribution is 7.91. The van der Waals surface area contributed by atoms with E-state index in [2.05, 4.69) is 0 Å². The minimum absolute atomic E-state index is 0.109. The van der Waals surface area contributed by atoms with Gasteiger partial charge in [-0.1, -0.05) is 12.1 Å². The molecule has 0 saturated heterocycles. The Morgan fingerprint density at radius 2 is 2.11 bits per heavy atom. The summed E-state index contributed by atoms with van der Waals surface area (Å²) < 4.78 is 38.9. The fourth-order valence-corrected chi connectivity index (χ4v) is 4.04. The number of anilines is 1. The van der Waals surface area contributed by atoms with Gasteiger partial charge >= 0.3 is 0 Å². The van der Waals surface area contributed by atoms with Crippen LogP contribution in [0.5, 0.6) is 0 Å². The van der Waals surface area contributed by atoms with E-state index in [0.717, 1.165) is 11.3 Å². The number of nitrogens with two attached hydrogens (primary N) is 1. The average Bonchev–Trinajstić information content (AvgIpc) is 2.76. The van der Waals surface area contributed by atoms with Crippen molar-refractivity contribution in [3.8, 4) is 0 Å². The molecule has 0 amide bonds. The summed E-state index contributed by atoms with van der Waals surface area (Å²) in [5, 5.41) is 1.57. The smallest absolute Gasteiger partial charge is 0.252 e. The molecule has 0 aliphatic carbocycles. The van der Waals surface area contributed by atoms with Crippen LogP contribution in [0.25, 0.3) is 0 Å². The Morgan fingerprint density at radius 3 is 2.68 bits per heavy atom. The molecule has 0 radical (unpaired) electrons. The topological polar surface area (TPSA) is 63.4 Å². The third-order valence-electron chi connectivity index (χ3n) is 2.55. The van der Waals surface area contributed by atoms with Crippen LogP contribution in [0.1, 0.15) is 5.56 Å². The Balaban J connectivity index is 2.22. The summed E-state index contributed by atoms with van der Waals surface area (Å²) >= 11 is 1.07. The number of nitrogen functional groups attached to an aromatic ring is 1. The highest BCUT2D eigenvalue weighted by atomic mass is 32.2. The second-order valence-corrected chi connectivity index (χ2v) is 7.27. The fraction of sp³-hybridized carbons (Fsp3) is 0.167. The van der Waals surface area contributed by atoms with Gasteiger partial charge in [-0.2, -0.15) is 4.31 Å². The standard InChI is InChI=1S/C12H13FN2O2S2/c1-15(7-9-3-2-4-10(13)5-9)19(16,17)12-6-11(14)8-18-12/h2-6,8H,7,14H2,1H3. The largest absolute Gasteiger partial charge is 0.398 e. The molecular formula is C12H13FN2O2S2. The molecule has 2 rings (SSSR count). The first-order valence-corrected chi connectivity index (χ1v) is 7.76. The van der Waals surface area contributed by atoms with E-state index in [1.165, 1.54) is 29.6 Å². The minimum atomic E-state index is -3.58. The lowest BCUT2D eigenvalue weighted by atomic mass is 10.2. The van der Waals surface area contributed by atoms with Gasteiger partial charge in [-0.05, 0) is 23.8 Å². The number of rotatable bonds is 4. The molecule has 1 aromatic heterocycles. The number of halogens is 1. The van der Waals surface area contributed by atoms with Crippen molar-refractivity contribution in [3.05, 3.63) is 47.1 Å². The molecule has 7 heteroatoms. The molecule has 0 atom stereocenters. The predicted octanol–water partition coefficient (Wildman–Crippen LogP) is 2.29. The van der Waals surface area contributed by atoms with Gasteiger partial charge in [-0.3, -0.25) is 0 Å². The van der Waals surface area contributed by atoms with Crippen molar-refractivity contribution in [2.24, 2.45) is 0 Å². The molecular weight excluding hydrogens is 287 g/mol. The third-order valence-corrected chi connectivity index (χ3v) is 5.79. The van der Waals surface area contributed by atoms with E-state index in [0.29, 0.717) is 11.3 Å². The molecule has 0 aliphatic rings. The van der Waals surface area contributed by atoms with Crippen LogP contribution >= 0.6 is 11.3 Å². The number of hydrogen-bond donors (Lipinski definition) is 1. The number of hydrogen-bond acceptors (Lipinski definition) is 4. The Labute approximate surface area is 115 Å². The molecule has 19 heavy (non-hydrogen) atoms. The van der Waals surface area contributed by atoms with E-state index in [1.54, 1.807) is 17.5 Å². The fourth-order valence-electron chi connectivity index (χ4n) is 1.60. The van der Waals surface area contributed by atoms with Crippen LogP contribution in [0.2, 0.25) is 0 Å². The molecule has 0 fully saturated rings. The van der Waals surface area contributed by atoms with E-state index < -0.39 is 10.0 Å². The van der Waals surface area contributed by atoms with Crippen molar-refractivity contribution >= 4 is 27.0 Å². The molecule has 0 saturated carbocycles. The number of nitrogens with zero attached hydrogens (tertiary/aromatic N) is 1. The lowest BCUT2D eigenvalue weighted by Crippen LogP contribution is -2.25. The first kappa shape index (κ1) is 14.0. The summed E-state index contributed by atoms with van der Waals surface area (Å²) in [5.41, 5.74) is 6.54. The van der Waals surface area contributed by atoms with Crippen LogP contribution in [-0.4, -0.2) is 19.8 Å². The molecule has 0 spiro atoms. The lowest BCUT2D eigenvalue weighted by Gasteiger charge is -2.16. The van der Waals surface area contributed by atoms with Crippen molar-refractivity contribution in [1.29, 1.82) is 0 Å². The Bertz CT molecular complexity index is 683. The normalized spacial score (nSPS) is 11.9. The van der Waals surface area contributed by atoms with Crippen LogP contribution in [0.15, 0.2) is 39.9 Å². The van der Waals surface area contributed by atoms with Crippen molar-refractivity contribution in [2.45, 2.75) is 10.8 Å². The molecule has 1 heterocycles. The van der Waals surface area contributed by atoms with Gasteiger partial charge in [0.05, 0.1) is 0 Å². The summed E-state index contributed by atoms with van der Waals surface area (Å²) in [6, 6.07) is 7.28. The lowest BCUT2D eigenvalue weighted by molar-refractivity contribution is 0.467. The first-order valence-electron chi connectivity index (χ1n) is 5.44. The van der Waals surface area contributed by atoms with Crippen LogP contribution in [0, 0.1) is 5.82 Å². The van der Waals surface area contributed by atoms with Crippen LogP contribution in [-0.2, 0) is 16.6 Å². The molecule has 102 valence electrons. The highest BCUT2D eigenvalue weighted by Gasteiger charge is 2.22. The van der Waals surface area contributed by atoms with Gasteiger partial charge in [-0.15, -0.1) is 11.3 Å². The van der Waals surface area contributed by atoms with Crippen LogP contribution in [0.4, 0.5) is 10.1 Å². The summed E-state index contributed by atoms with van der Waals surface area (Å²) in [4.78, 5) is 0. The zero-order chi connectivity index (χ0) is 14.0. The van der Waals surface area contributed by atoms with E-state index in [4.69, 9.17) is 5.73 Å². The SMILES string of the molecule is CN(Cc1cccc(F)c1)S(=O)(=O)c1cc(N)cs1. The average molecular weight is 300 g/mol. The Kier molecular flexibility index (Phi) is 3.88. The van der Waals surface area contributed by atoms with Crippen LogP contribution in [0.3, 0.4) is 0 Å². The van der Waals surface area contributed by atoms with E-state index >= 15 is 0 Å². The van der Waals surface area contributed by atoms with Gasteiger partial charge in [0.2, 0.25) is 0 Å². The quantitative estimate of drug-likeness (QED) is 0.942. The maximum atomic E-state index is 13.1. The van der Waals surface area contributed by atoms with Gasteiger partial charge in [0.1, 0.15) is 10.0 Å². The monoisotopic (exact) mass is 300 g/mol. The first-order chi connectivity index (χ1) is 8.89. The van der Waals surface area contributed by atoms with Gasteiger partial charge in [0.15, 0.2) is 0 Å². The maximum Gasteiger partial charge on any atom is 0.252 e. The zero-order valence-corrected chi connectivity index (χ0v) is 11.8. The second kappa shape index (κ2) is 5.28. The van der Waals surface area contributed by atoms with Crippen molar-refractivity contribution in [3.63, 3.8) is 0 Å². The van der Waals surface area contributed by atoms with Crippen LogP contribution < -0.4 is 5.73 Å². The third kappa shape index (κ3) is 3.12. The van der Waals surface area contributed by atoms with E-state index in [9.17, 15) is 12.8 Å². The number of benzene rings is 1. The highest BCUT2D eigenvalue weighted by Crippen LogP contribution is 2.25. The van der Waals surface area contributed by atoms with Gasteiger partial charge < -0.3 is 5.73 Å². The molecule has 0 aliphatic heterocycles. The summed E-state index contributed by atoms with van der Waals surface area (Å²) in [6.45, 7) is 0.109. The van der Waals surface area contributed by atoms with Gasteiger partial charge in [0, 0.05) is 24.7 Å². The number of sulfonamides is 1. The van der Waals surface area contributed by atoms with Crippen molar-refractivity contribution in [2.75, 3.05) is 12.8 Å².